The average molecular weight is 338 g/mol. The molecule has 2 heterocycles. The first-order chi connectivity index (χ1) is 11.8. The number of nitrogens with zero attached hydrogens (tertiary/aromatic N) is 3. The maximum Gasteiger partial charge on any atom is 0.226 e. The lowest BCUT2D eigenvalue weighted by Crippen LogP contribution is -1.96. The Bertz CT molecular complexity index is 969. The number of anilines is 2. The minimum atomic E-state index is 0.151. The minimum Gasteiger partial charge on any atom is -0.457 e. The van der Waals surface area contributed by atoms with Crippen molar-refractivity contribution in [3.8, 4) is 11.5 Å². The van der Waals surface area contributed by atoms with Gasteiger partial charge in [0.05, 0.1) is 11.6 Å². The van der Waals surface area contributed by atoms with E-state index in [2.05, 4.69) is 25.5 Å². The second-order valence-electron chi connectivity index (χ2n) is 5.04. The molecule has 0 saturated heterocycles. The number of rotatable bonds is 4. The van der Waals surface area contributed by atoms with Gasteiger partial charge < -0.3 is 10.1 Å². The van der Waals surface area contributed by atoms with Crippen molar-refractivity contribution in [2.45, 2.75) is 0 Å². The third kappa shape index (κ3) is 3.00. The van der Waals surface area contributed by atoms with Crippen LogP contribution >= 0.6 is 11.6 Å². The number of H-pyrrole nitrogens is 1. The van der Waals surface area contributed by atoms with Crippen LogP contribution in [-0.4, -0.2) is 20.2 Å². The smallest absolute Gasteiger partial charge is 0.226 e. The fourth-order valence-corrected chi connectivity index (χ4v) is 2.44. The first kappa shape index (κ1) is 14.5. The Morgan fingerprint density at radius 2 is 1.67 bits per heavy atom. The van der Waals surface area contributed by atoms with E-state index in [-0.39, 0.29) is 5.28 Å². The summed E-state index contributed by atoms with van der Waals surface area (Å²) in [6.07, 6.45) is 1.65. The van der Waals surface area contributed by atoms with Crippen LogP contribution < -0.4 is 10.1 Å². The fraction of sp³-hybridized carbons (Fsp3) is 0. The molecule has 2 aromatic heterocycles. The molecule has 4 rings (SSSR count). The van der Waals surface area contributed by atoms with Gasteiger partial charge in [0.25, 0.3) is 0 Å². The number of ether oxygens (including phenoxy) is 1. The Balaban J connectivity index is 1.56. The highest BCUT2D eigenvalue weighted by Gasteiger charge is 2.08. The third-order valence-corrected chi connectivity index (χ3v) is 3.55. The number of aromatic amines is 1. The van der Waals surface area contributed by atoms with Crippen LogP contribution in [0.4, 0.5) is 11.5 Å². The van der Waals surface area contributed by atoms with Crippen molar-refractivity contribution in [1.82, 2.24) is 20.2 Å². The molecule has 0 aliphatic carbocycles. The lowest BCUT2D eigenvalue weighted by atomic mass is 10.3. The Morgan fingerprint density at radius 1 is 0.917 bits per heavy atom. The van der Waals surface area contributed by atoms with Crippen molar-refractivity contribution < 1.29 is 4.74 Å². The lowest BCUT2D eigenvalue weighted by Gasteiger charge is -2.09. The molecule has 2 aromatic carbocycles. The molecule has 0 spiro atoms. The summed E-state index contributed by atoms with van der Waals surface area (Å²) in [6.45, 7) is 0. The van der Waals surface area contributed by atoms with Gasteiger partial charge in [-0.2, -0.15) is 15.1 Å². The van der Waals surface area contributed by atoms with Crippen LogP contribution in [0.5, 0.6) is 11.5 Å². The Kier molecular flexibility index (Phi) is 3.72. The monoisotopic (exact) mass is 337 g/mol. The number of benzene rings is 2. The van der Waals surface area contributed by atoms with Gasteiger partial charge in [0.15, 0.2) is 5.65 Å². The SMILES string of the molecule is Clc1nc(Nc2ccc(Oc3ccccc3)cc2)c2cn[nH]c2n1. The van der Waals surface area contributed by atoms with E-state index in [0.29, 0.717) is 11.5 Å². The highest BCUT2D eigenvalue weighted by Crippen LogP contribution is 2.26. The van der Waals surface area contributed by atoms with Crippen molar-refractivity contribution in [1.29, 1.82) is 0 Å². The number of hydrogen-bond donors (Lipinski definition) is 2. The molecule has 24 heavy (non-hydrogen) atoms. The first-order valence-electron chi connectivity index (χ1n) is 7.24. The van der Waals surface area contributed by atoms with E-state index < -0.39 is 0 Å². The first-order valence-corrected chi connectivity index (χ1v) is 7.62. The lowest BCUT2D eigenvalue weighted by molar-refractivity contribution is 0.483. The summed E-state index contributed by atoms with van der Waals surface area (Å²) in [5.41, 5.74) is 1.44. The number of hydrogen-bond acceptors (Lipinski definition) is 5. The van der Waals surface area contributed by atoms with Crippen molar-refractivity contribution in [3.63, 3.8) is 0 Å². The van der Waals surface area contributed by atoms with Crippen molar-refractivity contribution in [2.75, 3.05) is 5.32 Å². The van der Waals surface area contributed by atoms with E-state index in [4.69, 9.17) is 16.3 Å². The maximum absolute atomic E-state index is 5.93. The normalized spacial score (nSPS) is 10.7. The Labute approximate surface area is 142 Å². The van der Waals surface area contributed by atoms with E-state index in [0.717, 1.165) is 22.6 Å². The van der Waals surface area contributed by atoms with Crippen LogP contribution in [0, 0.1) is 0 Å². The average Bonchev–Trinajstić information content (AvgIpc) is 3.06. The van der Waals surface area contributed by atoms with E-state index in [1.54, 1.807) is 6.20 Å². The zero-order valence-corrected chi connectivity index (χ0v) is 13.2. The standard InChI is InChI=1S/C17H12ClN5O/c18-17-21-15(14-10-19-23-16(14)22-17)20-11-6-8-13(9-7-11)24-12-4-2-1-3-5-12/h1-10H,(H2,19,20,21,22,23). The van der Waals surface area contributed by atoms with Crippen LogP contribution in [0.2, 0.25) is 5.28 Å². The molecule has 0 aliphatic rings. The zero-order chi connectivity index (χ0) is 16.4. The van der Waals surface area contributed by atoms with Gasteiger partial charge in [-0.15, -0.1) is 0 Å². The summed E-state index contributed by atoms with van der Waals surface area (Å²) in [6, 6.07) is 17.2. The molecule has 0 saturated carbocycles. The second kappa shape index (κ2) is 6.17. The van der Waals surface area contributed by atoms with E-state index in [1.165, 1.54) is 0 Å². The van der Waals surface area contributed by atoms with Crippen LogP contribution in [0.15, 0.2) is 60.8 Å². The Morgan fingerprint density at radius 3 is 2.46 bits per heavy atom. The molecule has 0 unspecified atom stereocenters. The molecule has 6 nitrogen and oxygen atoms in total. The highest BCUT2D eigenvalue weighted by atomic mass is 35.5. The number of aromatic nitrogens is 4. The summed E-state index contributed by atoms with van der Waals surface area (Å²) in [7, 11) is 0. The maximum atomic E-state index is 5.93. The van der Waals surface area contributed by atoms with Crippen LogP contribution in [0.3, 0.4) is 0 Å². The largest absolute Gasteiger partial charge is 0.457 e. The molecule has 4 aromatic rings. The minimum absolute atomic E-state index is 0.151. The van der Waals surface area contributed by atoms with Gasteiger partial charge in [-0.05, 0) is 48.0 Å². The topological polar surface area (TPSA) is 75.7 Å². The van der Waals surface area contributed by atoms with Crippen molar-refractivity contribution in [2.24, 2.45) is 0 Å². The molecule has 0 amide bonds. The molecule has 2 N–H and O–H groups in total. The summed E-state index contributed by atoms with van der Waals surface area (Å²) in [5.74, 6) is 2.14. The number of halogens is 1. The number of fused-ring (bicyclic) bond motifs is 1. The number of nitrogens with one attached hydrogen (secondary N) is 2. The molecule has 7 heteroatoms. The predicted molar refractivity (Wildman–Crippen MR) is 92.9 cm³/mol. The molecule has 0 fully saturated rings. The quantitative estimate of drug-likeness (QED) is 0.534. The summed E-state index contributed by atoms with van der Waals surface area (Å²) in [4.78, 5) is 8.29. The van der Waals surface area contributed by atoms with Gasteiger partial charge in [-0.1, -0.05) is 18.2 Å². The molecule has 0 bridgehead atoms. The summed E-state index contributed by atoms with van der Waals surface area (Å²) in [5, 5.41) is 10.9. The van der Waals surface area contributed by atoms with E-state index in [1.807, 2.05) is 54.6 Å². The Hall–Kier alpha value is -3.12. The molecule has 118 valence electrons. The third-order valence-electron chi connectivity index (χ3n) is 3.38. The highest BCUT2D eigenvalue weighted by molar-refractivity contribution is 6.28. The second-order valence-corrected chi connectivity index (χ2v) is 5.38. The van der Waals surface area contributed by atoms with Gasteiger partial charge in [0, 0.05) is 5.69 Å². The van der Waals surface area contributed by atoms with E-state index in [9.17, 15) is 0 Å². The summed E-state index contributed by atoms with van der Waals surface area (Å²) < 4.78 is 5.77. The van der Waals surface area contributed by atoms with Crippen LogP contribution in [0.25, 0.3) is 11.0 Å². The molecular weight excluding hydrogens is 326 g/mol. The van der Waals surface area contributed by atoms with Gasteiger partial charge in [0.2, 0.25) is 5.28 Å². The van der Waals surface area contributed by atoms with E-state index >= 15 is 0 Å². The summed E-state index contributed by atoms with van der Waals surface area (Å²) >= 11 is 5.93. The predicted octanol–water partition coefficient (Wildman–Crippen LogP) is 4.54. The van der Waals surface area contributed by atoms with Gasteiger partial charge in [0.1, 0.15) is 17.3 Å². The molecule has 0 atom stereocenters. The van der Waals surface area contributed by atoms with Crippen molar-refractivity contribution in [3.05, 3.63) is 66.1 Å². The molecule has 0 aliphatic heterocycles. The van der Waals surface area contributed by atoms with Crippen LogP contribution in [-0.2, 0) is 0 Å². The van der Waals surface area contributed by atoms with Crippen LogP contribution in [0.1, 0.15) is 0 Å². The van der Waals surface area contributed by atoms with Gasteiger partial charge in [-0.25, -0.2) is 0 Å². The number of para-hydroxylation sites is 1. The molecular formula is C17H12ClN5O. The molecule has 0 radical (unpaired) electrons. The van der Waals surface area contributed by atoms with Gasteiger partial charge >= 0.3 is 0 Å². The zero-order valence-electron chi connectivity index (χ0n) is 12.4. The fourth-order valence-electron chi connectivity index (χ4n) is 2.27. The van der Waals surface area contributed by atoms with Crippen molar-refractivity contribution >= 4 is 34.1 Å². The van der Waals surface area contributed by atoms with Gasteiger partial charge in [-0.3, -0.25) is 5.10 Å².